The molecule has 2 rings (SSSR count). The minimum Gasteiger partial charge on any atom is -0.481 e. The van der Waals surface area contributed by atoms with E-state index in [-0.39, 0.29) is 0 Å². The molecule has 1 saturated heterocycles. The number of nitrogens with zero attached hydrogens (tertiary/aromatic N) is 1. The summed E-state index contributed by atoms with van der Waals surface area (Å²) < 4.78 is 0. The number of nitrogens with one attached hydrogen (secondary N) is 1. The average Bonchev–Trinajstić information content (AvgIpc) is 2.87. The van der Waals surface area contributed by atoms with E-state index in [0.29, 0.717) is 10.9 Å². The van der Waals surface area contributed by atoms with Crippen molar-refractivity contribution in [3.8, 4) is 0 Å². The number of carboxylic acids is 1. The number of carbonyl (C=O) groups is 1. The van der Waals surface area contributed by atoms with Crippen LogP contribution in [-0.4, -0.2) is 33.6 Å². The molecule has 0 amide bonds. The second-order valence-corrected chi connectivity index (χ2v) is 7.60. The highest BCUT2D eigenvalue weighted by molar-refractivity contribution is 7.99. The third kappa shape index (κ3) is 3.63. The van der Waals surface area contributed by atoms with Crippen molar-refractivity contribution in [3.05, 3.63) is 11.1 Å². The number of thiazole rings is 1. The Morgan fingerprint density at radius 2 is 2.37 bits per heavy atom. The number of rotatable bonds is 5. The largest absolute Gasteiger partial charge is 0.481 e. The molecule has 0 saturated carbocycles. The van der Waals surface area contributed by atoms with Gasteiger partial charge in [0, 0.05) is 17.2 Å². The van der Waals surface area contributed by atoms with Gasteiger partial charge in [-0.05, 0) is 32.4 Å². The number of hydrogen-bond acceptors (Lipinski definition) is 5. The van der Waals surface area contributed by atoms with Crippen molar-refractivity contribution in [1.82, 2.24) is 4.98 Å². The maximum absolute atomic E-state index is 11.2. The van der Waals surface area contributed by atoms with Crippen molar-refractivity contribution in [2.45, 2.75) is 43.8 Å². The molecule has 1 fully saturated rings. The van der Waals surface area contributed by atoms with E-state index in [0.717, 1.165) is 11.7 Å². The first-order chi connectivity index (χ1) is 9.00. The summed E-state index contributed by atoms with van der Waals surface area (Å²) in [5.74, 6) is 0.411. The normalized spacial score (nSPS) is 20.2. The van der Waals surface area contributed by atoms with E-state index in [1.807, 2.05) is 17.1 Å². The second-order valence-electron chi connectivity index (χ2n) is 5.34. The number of anilines is 1. The molecule has 0 aromatic carbocycles. The van der Waals surface area contributed by atoms with Crippen molar-refractivity contribution in [3.63, 3.8) is 0 Å². The first-order valence-corrected chi connectivity index (χ1v) is 8.48. The van der Waals surface area contributed by atoms with E-state index in [1.165, 1.54) is 36.4 Å². The monoisotopic (exact) mass is 300 g/mol. The molecule has 1 aromatic heterocycles. The second kappa shape index (κ2) is 6.13. The molecule has 2 heterocycles. The predicted octanol–water partition coefficient (Wildman–Crippen LogP) is 3.20. The summed E-state index contributed by atoms with van der Waals surface area (Å²) in [6.45, 7) is 4.29. The van der Waals surface area contributed by atoms with Crippen molar-refractivity contribution >= 4 is 34.2 Å². The van der Waals surface area contributed by atoms with Crippen LogP contribution < -0.4 is 5.32 Å². The third-order valence-corrected chi connectivity index (χ3v) is 5.63. The quantitative estimate of drug-likeness (QED) is 0.874. The number of thioether (sulfide) groups is 1. The van der Waals surface area contributed by atoms with Gasteiger partial charge < -0.3 is 10.4 Å². The zero-order chi connectivity index (χ0) is 13.9. The summed E-state index contributed by atoms with van der Waals surface area (Å²) in [6, 6.07) is 0. The van der Waals surface area contributed by atoms with Gasteiger partial charge in [-0.15, -0.1) is 11.3 Å². The highest BCUT2D eigenvalue weighted by Crippen LogP contribution is 2.29. The number of hydrogen-bond donors (Lipinski definition) is 2. The summed E-state index contributed by atoms with van der Waals surface area (Å²) in [5, 5.41) is 15.8. The highest BCUT2D eigenvalue weighted by atomic mass is 32.2. The molecular weight excluding hydrogens is 280 g/mol. The fourth-order valence-electron chi connectivity index (χ4n) is 1.92. The molecule has 4 nitrogen and oxygen atoms in total. The van der Waals surface area contributed by atoms with E-state index in [1.54, 1.807) is 13.8 Å². The molecule has 0 aliphatic carbocycles. The Kier molecular flexibility index (Phi) is 4.73. The highest BCUT2D eigenvalue weighted by Gasteiger charge is 2.32. The molecule has 0 bridgehead atoms. The summed E-state index contributed by atoms with van der Waals surface area (Å²) in [7, 11) is 0. The lowest BCUT2D eigenvalue weighted by Gasteiger charge is -2.21. The molecule has 2 N–H and O–H groups in total. The summed E-state index contributed by atoms with van der Waals surface area (Å²) in [5.41, 5.74) is -0.292. The van der Waals surface area contributed by atoms with Crippen molar-refractivity contribution in [2.75, 3.05) is 17.6 Å². The molecule has 1 unspecified atom stereocenters. The maximum atomic E-state index is 11.2. The van der Waals surface area contributed by atoms with Gasteiger partial charge in [0.05, 0.1) is 5.69 Å². The fourth-order valence-corrected chi connectivity index (χ4v) is 4.05. The van der Waals surface area contributed by atoms with Gasteiger partial charge in [0.2, 0.25) is 0 Å². The minimum absolute atomic E-state index is 0.629. The van der Waals surface area contributed by atoms with Gasteiger partial charge in [-0.25, -0.2) is 4.98 Å². The molecule has 1 aliphatic rings. The fraction of sp³-hybridized carbons (Fsp3) is 0.692. The van der Waals surface area contributed by atoms with Gasteiger partial charge in [-0.3, -0.25) is 4.79 Å². The molecule has 0 radical (unpaired) electrons. The average molecular weight is 300 g/mol. The minimum atomic E-state index is -0.921. The molecule has 1 aromatic rings. The standard InChI is InChI=1S/C13H20N2O2S2/c1-13(2,11(16)17)10-8-19-12(15-10)14-7-9-5-3-4-6-18-9/h8-9H,3-7H2,1-2H3,(H,14,15)(H,16,17). The van der Waals surface area contributed by atoms with Crippen LogP contribution in [0.15, 0.2) is 5.38 Å². The van der Waals surface area contributed by atoms with Gasteiger partial charge in [0.1, 0.15) is 5.41 Å². The van der Waals surface area contributed by atoms with Crippen LogP contribution in [0.1, 0.15) is 38.8 Å². The van der Waals surface area contributed by atoms with Gasteiger partial charge in [0.15, 0.2) is 5.13 Å². The molecule has 106 valence electrons. The Morgan fingerprint density at radius 3 is 3.00 bits per heavy atom. The van der Waals surface area contributed by atoms with Crippen LogP contribution in [0, 0.1) is 0 Å². The Balaban J connectivity index is 1.92. The van der Waals surface area contributed by atoms with Gasteiger partial charge >= 0.3 is 5.97 Å². The lowest BCUT2D eigenvalue weighted by Crippen LogP contribution is -2.29. The van der Waals surface area contributed by atoms with Crippen molar-refractivity contribution < 1.29 is 9.90 Å². The Labute approximate surface area is 122 Å². The van der Waals surface area contributed by atoms with E-state index < -0.39 is 11.4 Å². The van der Waals surface area contributed by atoms with Crippen LogP contribution in [0.3, 0.4) is 0 Å². The zero-order valence-electron chi connectivity index (χ0n) is 11.3. The Bertz CT molecular complexity index is 440. The molecule has 6 heteroatoms. The predicted molar refractivity (Wildman–Crippen MR) is 81.4 cm³/mol. The van der Waals surface area contributed by atoms with E-state index in [9.17, 15) is 9.90 Å². The van der Waals surface area contributed by atoms with Crippen LogP contribution in [0.25, 0.3) is 0 Å². The summed E-state index contributed by atoms with van der Waals surface area (Å²) in [4.78, 5) is 15.6. The van der Waals surface area contributed by atoms with Gasteiger partial charge in [-0.1, -0.05) is 6.42 Å². The van der Waals surface area contributed by atoms with E-state index in [4.69, 9.17) is 0 Å². The first kappa shape index (κ1) is 14.7. The summed E-state index contributed by atoms with van der Waals surface area (Å²) in [6.07, 6.45) is 3.90. The number of aromatic nitrogens is 1. The Hall–Kier alpha value is -0.750. The van der Waals surface area contributed by atoms with E-state index >= 15 is 0 Å². The molecule has 19 heavy (non-hydrogen) atoms. The summed E-state index contributed by atoms with van der Waals surface area (Å²) >= 11 is 3.51. The van der Waals surface area contributed by atoms with Crippen LogP contribution >= 0.6 is 23.1 Å². The van der Waals surface area contributed by atoms with Crippen molar-refractivity contribution in [1.29, 1.82) is 0 Å². The first-order valence-electron chi connectivity index (χ1n) is 6.55. The van der Waals surface area contributed by atoms with Crippen LogP contribution in [0.4, 0.5) is 5.13 Å². The molecule has 0 spiro atoms. The third-order valence-electron chi connectivity index (χ3n) is 3.43. The maximum Gasteiger partial charge on any atom is 0.315 e. The van der Waals surface area contributed by atoms with Gasteiger partial charge in [-0.2, -0.15) is 11.8 Å². The topological polar surface area (TPSA) is 62.2 Å². The van der Waals surface area contributed by atoms with Crippen LogP contribution in [0.5, 0.6) is 0 Å². The zero-order valence-corrected chi connectivity index (χ0v) is 12.9. The molecule has 1 aliphatic heterocycles. The van der Waals surface area contributed by atoms with Crippen molar-refractivity contribution in [2.24, 2.45) is 0 Å². The molecular formula is C13H20N2O2S2. The smallest absolute Gasteiger partial charge is 0.315 e. The number of carboxylic acid groups (broad SMARTS) is 1. The van der Waals surface area contributed by atoms with E-state index in [2.05, 4.69) is 10.3 Å². The SMILES string of the molecule is CC(C)(C(=O)O)c1csc(NCC2CCCCS2)n1. The lowest BCUT2D eigenvalue weighted by atomic mass is 9.90. The van der Waals surface area contributed by atoms with Gasteiger partial charge in [0.25, 0.3) is 0 Å². The van der Waals surface area contributed by atoms with Crippen LogP contribution in [0.2, 0.25) is 0 Å². The number of aliphatic carboxylic acids is 1. The molecule has 1 atom stereocenters. The lowest BCUT2D eigenvalue weighted by molar-refractivity contribution is -0.142. The Morgan fingerprint density at radius 1 is 1.58 bits per heavy atom. The van der Waals surface area contributed by atoms with Crippen LogP contribution in [-0.2, 0) is 10.2 Å².